The molecule has 27 heavy (non-hydrogen) atoms. The molecule has 3 rings (SSSR count). The Morgan fingerprint density at radius 2 is 1.96 bits per heavy atom. The molecule has 0 radical (unpaired) electrons. The van der Waals surface area contributed by atoms with E-state index in [1.807, 2.05) is 13.8 Å². The number of benzene rings is 2. The van der Waals surface area contributed by atoms with Gasteiger partial charge in [-0.1, -0.05) is 42.3 Å². The molecule has 1 aromatic heterocycles. The lowest BCUT2D eigenvalue weighted by molar-refractivity contribution is 0.0500. The Balaban J connectivity index is 1.75. The number of aromatic nitrogens is 1. The summed E-state index contributed by atoms with van der Waals surface area (Å²) >= 11 is 7.38. The van der Waals surface area contributed by atoms with E-state index in [9.17, 15) is 9.59 Å². The number of thiazole rings is 1. The number of amides is 1. The number of aryl methyl sites for hydroxylation is 1. The van der Waals surface area contributed by atoms with Gasteiger partial charge in [0, 0.05) is 10.6 Å². The molecule has 0 aliphatic carbocycles. The van der Waals surface area contributed by atoms with Crippen LogP contribution in [0.15, 0.2) is 36.4 Å². The predicted octanol–water partition coefficient (Wildman–Crippen LogP) is 5.47. The molecule has 0 aliphatic heterocycles. The highest BCUT2D eigenvalue weighted by molar-refractivity contribution is 7.22. The van der Waals surface area contributed by atoms with E-state index in [4.69, 9.17) is 16.3 Å². The zero-order chi connectivity index (χ0) is 19.4. The van der Waals surface area contributed by atoms with E-state index in [1.54, 1.807) is 36.4 Å². The maximum atomic E-state index is 12.4. The molecule has 0 saturated carbocycles. The molecule has 1 heterocycles. The van der Waals surface area contributed by atoms with E-state index in [0.717, 1.165) is 23.1 Å². The van der Waals surface area contributed by atoms with Crippen molar-refractivity contribution < 1.29 is 14.3 Å². The third kappa shape index (κ3) is 4.64. The lowest BCUT2D eigenvalue weighted by Gasteiger charge is -2.03. The summed E-state index contributed by atoms with van der Waals surface area (Å²) in [6.07, 6.45) is 1.81. The number of hydrogen-bond donors (Lipinski definition) is 1. The number of esters is 1. The SMILES string of the molecule is CCCCOC(=O)c1ccc2nc(NC(=O)c3ccc(C)c(Cl)c3)sc2c1. The van der Waals surface area contributed by atoms with Gasteiger partial charge in [-0.25, -0.2) is 9.78 Å². The maximum absolute atomic E-state index is 12.4. The summed E-state index contributed by atoms with van der Waals surface area (Å²) in [6.45, 7) is 4.33. The Labute approximate surface area is 166 Å². The van der Waals surface area contributed by atoms with Gasteiger partial charge in [-0.2, -0.15) is 0 Å². The standard InChI is InChI=1S/C20H19ClN2O3S/c1-3-4-9-26-19(25)14-7-8-16-17(11-14)27-20(22-16)23-18(24)13-6-5-12(2)15(21)10-13/h5-8,10-11H,3-4,9H2,1-2H3,(H,22,23,24). The Morgan fingerprint density at radius 3 is 2.70 bits per heavy atom. The molecule has 1 N–H and O–H groups in total. The second kappa shape index (κ2) is 8.50. The molecule has 0 aliphatic rings. The molecule has 7 heteroatoms. The summed E-state index contributed by atoms with van der Waals surface area (Å²) in [5, 5.41) is 3.78. The van der Waals surface area contributed by atoms with E-state index in [2.05, 4.69) is 10.3 Å². The molecule has 2 aromatic carbocycles. The van der Waals surface area contributed by atoms with E-state index >= 15 is 0 Å². The number of carbonyl (C=O) groups excluding carboxylic acids is 2. The minimum Gasteiger partial charge on any atom is -0.462 e. The molecule has 0 fully saturated rings. The monoisotopic (exact) mass is 402 g/mol. The van der Waals surface area contributed by atoms with Gasteiger partial charge in [0.1, 0.15) is 0 Å². The van der Waals surface area contributed by atoms with Crippen LogP contribution >= 0.6 is 22.9 Å². The number of rotatable bonds is 6. The number of ether oxygens (including phenoxy) is 1. The topological polar surface area (TPSA) is 68.3 Å². The summed E-state index contributed by atoms with van der Waals surface area (Å²) in [7, 11) is 0. The summed E-state index contributed by atoms with van der Waals surface area (Å²) in [5.41, 5.74) is 2.56. The van der Waals surface area contributed by atoms with Gasteiger partial charge in [-0.05, 0) is 49.2 Å². The highest BCUT2D eigenvalue weighted by Gasteiger charge is 2.13. The van der Waals surface area contributed by atoms with Crippen LogP contribution in [0.5, 0.6) is 0 Å². The van der Waals surface area contributed by atoms with Gasteiger partial charge < -0.3 is 4.74 Å². The first kappa shape index (κ1) is 19.3. The van der Waals surface area contributed by atoms with Crippen molar-refractivity contribution in [3.8, 4) is 0 Å². The number of nitrogens with zero attached hydrogens (tertiary/aromatic N) is 1. The Morgan fingerprint density at radius 1 is 1.19 bits per heavy atom. The third-order valence-electron chi connectivity index (χ3n) is 4.01. The second-order valence-electron chi connectivity index (χ2n) is 6.11. The normalized spacial score (nSPS) is 10.8. The number of anilines is 1. The van der Waals surface area contributed by atoms with Gasteiger partial charge in [0.2, 0.25) is 0 Å². The predicted molar refractivity (Wildman–Crippen MR) is 109 cm³/mol. The lowest BCUT2D eigenvalue weighted by Crippen LogP contribution is -2.11. The quantitative estimate of drug-likeness (QED) is 0.438. The molecule has 0 unspecified atom stereocenters. The molecule has 0 saturated heterocycles. The van der Waals surface area contributed by atoms with Crippen LogP contribution in [-0.4, -0.2) is 23.5 Å². The van der Waals surface area contributed by atoms with Crippen LogP contribution in [0.1, 0.15) is 46.0 Å². The number of carbonyl (C=O) groups is 2. The highest BCUT2D eigenvalue weighted by atomic mass is 35.5. The van der Waals surface area contributed by atoms with Crippen LogP contribution in [0.3, 0.4) is 0 Å². The van der Waals surface area contributed by atoms with Crippen molar-refractivity contribution in [3.05, 3.63) is 58.1 Å². The number of halogens is 1. The fraction of sp³-hybridized carbons (Fsp3) is 0.250. The van der Waals surface area contributed by atoms with Gasteiger partial charge in [0.15, 0.2) is 5.13 Å². The van der Waals surface area contributed by atoms with Crippen LogP contribution < -0.4 is 5.32 Å². The Hall–Kier alpha value is -2.44. The van der Waals surface area contributed by atoms with E-state index < -0.39 is 0 Å². The second-order valence-corrected chi connectivity index (χ2v) is 7.55. The van der Waals surface area contributed by atoms with E-state index in [1.165, 1.54) is 11.3 Å². The van der Waals surface area contributed by atoms with Crippen molar-refractivity contribution in [2.75, 3.05) is 11.9 Å². The molecule has 3 aromatic rings. The number of unbranched alkanes of at least 4 members (excludes halogenated alkanes) is 1. The molecule has 0 spiro atoms. The molecular formula is C20H19ClN2O3S. The first-order valence-corrected chi connectivity index (χ1v) is 9.82. The summed E-state index contributed by atoms with van der Waals surface area (Å²) in [4.78, 5) is 28.9. The molecular weight excluding hydrogens is 384 g/mol. The Kier molecular flexibility index (Phi) is 6.08. The fourth-order valence-corrected chi connectivity index (χ4v) is 3.48. The van der Waals surface area contributed by atoms with Crippen molar-refractivity contribution in [3.63, 3.8) is 0 Å². The number of hydrogen-bond acceptors (Lipinski definition) is 5. The van der Waals surface area contributed by atoms with Crippen molar-refractivity contribution in [2.45, 2.75) is 26.7 Å². The van der Waals surface area contributed by atoms with Gasteiger partial charge >= 0.3 is 5.97 Å². The van der Waals surface area contributed by atoms with E-state index in [0.29, 0.717) is 33.4 Å². The minimum atomic E-state index is -0.348. The van der Waals surface area contributed by atoms with Crippen molar-refractivity contribution in [1.82, 2.24) is 4.98 Å². The number of nitrogens with one attached hydrogen (secondary N) is 1. The first-order valence-electron chi connectivity index (χ1n) is 8.63. The van der Waals surface area contributed by atoms with Crippen LogP contribution in [0, 0.1) is 6.92 Å². The average molecular weight is 403 g/mol. The average Bonchev–Trinajstić information content (AvgIpc) is 3.05. The number of fused-ring (bicyclic) bond motifs is 1. The summed E-state index contributed by atoms with van der Waals surface area (Å²) in [5.74, 6) is -0.631. The van der Waals surface area contributed by atoms with Gasteiger partial charge in [-0.3, -0.25) is 10.1 Å². The van der Waals surface area contributed by atoms with Crippen LogP contribution in [0.4, 0.5) is 5.13 Å². The van der Waals surface area contributed by atoms with Crippen molar-refractivity contribution in [2.24, 2.45) is 0 Å². The van der Waals surface area contributed by atoms with Crippen molar-refractivity contribution in [1.29, 1.82) is 0 Å². The molecule has 140 valence electrons. The van der Waals surface area contributed by atoms with Gasteiger partial charge in [0.25, 0.3) is 5.91 Å². The zero-order valence-electron chi connectivity index (χ0n) is 15.0. The van der Waals surface area contributed by atoms with Gasteiger partial charge in [0.05, 0.1) is 22.4 Å². The van der Waals surface area contributed by atoms with Crippen LogP contribution in [0.2, 0.25) is 5.02 Å². The molecule has 5 nitrogen and oxygen atoms in total. The fourth-order valence-electron chi connectivity index (χ4n) is 2.40. The van der Waals surface area contributed by atoms with Gasteiger partial charge in [-0.15, -0.1) is 0 Å². The minimum absolute atomic E-state index is 0.282. The molecule has 1 amide bonds. The first-order chi connectivity index (χ1) is 13.0. The van der Waals surface area contributed by atoms with Crippen LogP contribution in [0.25, 0.3) is 10.2 Å². The molecule has 0 atom stereocenters. The van der Waals surface area contributed by atoms with E-state index in [-0.39, 0.29) is 11.9 Å². The third-order valence-corrected chi connectivity index (χ3v) is 5.35. The Bertz CT molecular complexity index is 1000. The summed E-state index contributed by atoms with van der Waals surface area (Å²) < 4.78 is 6.03. The highest BCUT2D eigenvalue weighted by Crippen LogP contribution is 2.28. The van der Waals surface area contributed by atoms with Crippen LogP contribution in [-0.2, 0) is 4.74 Å². The smallest absolute Gasteiger partial charge is 0.338 e. The lowest BCUT2D eigenvalue weighted by atomic mass is 10.1. The molecule has 0 bridgehead atoms. The summed E-state index contributed by atoms with van der Waals surface area (Å²) in [6, 6.07) is 10.3. The maximum Gasteiger partial charge on any atom is 0.338 e. The zero-order valence-corrected chi connectivity index (χ0v) is 16.6. The van der Waals surface area contributed by atoms with Crippen molar-refractivity contribution >= 4 is 50.2 Å². The largest absolute Gasteiger partial charge is 0.462 e.